The van der Waals surface area contributed by atoms with Gasteiger partial charge in [-0.05, 0) is 13.8 Å². The second-order valence-electron chi connectivity index (χ2n) is 4.33. The van der Waals surface area contributed by atoms with Crippen LogP contribution in [0.1, 0.15) is 39.4 Å². The minimum absolute atomic E-state index is 0. The van der Waals surface area contributed by atoms with E-state index in [9.17, 15) is 0 Å². The predicted molar refractivity (Wildman–Crippen MR) is 76.6 cm³/mol. The van der Waals surface area contributed by atoms with Gasteiger partial charge in [0.05, 0.1) is 6.33 Å². The highest BCUT2D eigenvalue weighted by Gasteiger charge is 2.15. The third kappa shape index (κ3) is 2.56. The fraction of sp³-hybridized carbons (Fsp3) is 0.583. The van der Waals surface area contributed by atoms with Crippen molar-refractivity contribution in [2.24, 2.45) is 0 Å². The highest BCUT2D eigenvalue weighted by atomic mass is 35.5. The van der Waals surface area contributed by atoms with Crippen molar-refractivity contribution >= 4 is 29.4 Å². The predicted octanol–water partition coefficient (Wildman–Crippen LogP) is 2.74. The van der Waals surface area contributed by atoms with E-state index in [4.69, 9.17) is 0 Å². The quantitative estimate of drug-likeness (QED) is 0.927. The van der Waals surface area contributed by atoms with Gasteiger partial charge in [0, 0.05) is 19.0 Å². The number of anilines is 1. The number of halogens is 1. The number of nitrogens with one attached hydrogen (secondary N) is 1. The molecule has 0 spiro atoms. The van der Waals surface area contributed by atoms with Gasteiger partial charge in [0.15, 0.2) is 11.5 Å². The number of hydrogen-bond donors (Lipinski definition) is 1. The van der Waals surface area contributed by atoms with Crippen LogP contribution in [-0.4, -0.2) is 33.0 Å². The minimum Gasteiger partial charge on any atom is -0.355 e. The molecule has 0 saturated heterocycles. The smallest absolute Gasteiger partial charge is 0.183 e. The molecule has 0 amide bonds. The molecule has 0 aromatic carbocycles. The van der Waals surface area contributed by atoms with Crippen molar-refractivity contribution in [2.45, 2.75) is 33.6 Å². The first kappa shape index (κ1) is 14.7. The van der Waals surface area contributed by atoms with Crippen LogP contribution in [0.2, 0.25) is 0 Å². The Balaban J connectivity index is 0.00000162. The molecule has 2 aromatic rings. The van der Waals surface area contributed by atoms with Crippen molar-refractivity contribution in [3.63, 3.8) is 0 Å². The van der Waals surface area contributed by atoms with Crippen molar-refractivity contribution in [1.82, 2.24) is 19.9 Å². The van der Waals surface area contributed by atoms with E-state index in [0.717, 1.165) is 35.9 Å². The minimum atomic E-state index is 0. The number of hydrogen-bond acceptors (Lipinski definition) is 4. The zero-order chi connectivity index (χ0) is 12.4. The molecule has 2 rings (SSSR count). The monoisotopic (exact) mass is 269 g/mol. The lowest BCUT2D eigenvalue weighted by Gasteiger charge is -2.21. The topological polar surface area (TPSA) is 57.7 Å². The van der Waals surface area contributed by atoms with Gasteiger partial charge in [0.25, 0.3) is 0 Å². The van der Waals surface area contributed by atoms with E-state index in [-0.39, 0.29) is 12.4 Å². The number of H-pyrrole nitrogens is 1. The van der Waals surface area contributed by atoms with E-state index < -0.39 is 0 Å². The molecule has 0 atom stereocenters. The lowest BCUT2D eigenvalue weighted by molar-refractivity contribution is 0.764. The first-order valence-corrected chi connectivity index (χ1v) is 6.13. The van der Waals surface area contributed by atoms with Crippen LogP contribution < -0.4 is 4.90 Å². The molecule has 0 unspecified atom stereocenters. The zero-order valence-electron chi connectivity index (χ0n) is 11.3. The van der Waals surface area contributed by atoms with Crippen LogP contribution in [0.5, 0.6) is 0 Å². The summed E-state index contributed by atoms with van der Waals surface area (Å²) in [5.74, 6) is 2.12. The lowest BCUT2D eigenvalue weighted by atomic mass is 10.2. The third-order valence-corrected chi connectivity index (χ3v) is 2.86. The molecule has 6 heteroatoms. The maximum atomic E-state index is 4.66. The second-order valence-corrected chi connectivity index (χ2v) is 4.33. The maximum Gasteiger partial charge on any atom is 0.183 e. The van der Waals surface area contributed by atoms with Gasteiger partial charge >= 0.3 is 0 Å². The van der Waals surface area contributed by atoms with Gasteiger partial charge in [-0.2, -0.15) is 0 Å². The molecule has 18 heavy (non-hydrogen) atoms. The van der Waals surface area contributed by atoms with Gasteiger partial charge in [-0.3, -0.25) is 0 Å². The summed E-state index contributed by atoms with van der Waals surface area (Å²) in [6.07, 6.45) is 1.68. The molecule has 0 aliphatic heterocycles. The summed E-state index contributed by atoms with van der Waals surface area (Å²) in [5, 5.41) is 0. The van der Waals surface area contributed by atoms with E-state index >= 15 is 0 Å². The Bertz CT molecular complexity index is 504. The Morgan fingerprint density at radius 1 is 1.22 bits per heavy atom. The zero-order valence-corrected chi connectivity index (χ0v) is 12.1. The molecule has 0 aliphatic carbocycles. The van der Waals surface area contributed by atoms with Gasteiger partial charge in [0.2, 0.25) is 0 Å². The number of fused-ring (bicyclic) bond motifs is 1. The Hall–Kier alpha value is -1.36. The van der Waals surface area contributed by atoms with E-state index in [1.165, 1.54) is 0 Å². The van der Waals surface area contributed by atoms with E-state index in [2.05, 4.69) is 52.5 Å². The van der Waals surface area contributed by atoms with Gasteiger partial charge in [-0.1, -0.05) is 13.8 Å². The van der Waals surface area contributed by atoms with E-state index in [0.29, 0.717) is 5.92 Å². The standard InChI is InChI=1S/C12H19N5.ClH/c1-5-17(6-2)12-9-11(14-7-13-9)15-10(16-12)8(3)4;/h7-8H,5-6H2,1-4H3,(H,13,14,15,16);1H. The molecule has 100 valence electrons. The van der Waals surface area contributed by atoms with Crippen molar-refractivity contribution in [1.29, 1.82) is 0 Å². The average molecular weight is 270 g/mol. The van der Waals surface area contributed by atoms with Crippen LogP contribution in [0, 0.1) is 0 Å². The Labute approximate surface area is 113 Å². The summed E-state index contributed by atoms with van der Waals surface area (Å²) in [6.45, 7) is 10.3. The summed E-state index contributed by atoms with van der Waals surface area (Å²) in [6, 6.07) is 0. The van der Waals surface area contributed by atoms with Crippen molar-refractivity contribution in [3.05, 3.63) is 12.2 Å². The molecular formula is C12H20ClN5. The molecule has 1 N–H and O–H groups in total. The Kier molecular flexibility index (Phi) is 4.90. The average Bonchev–Trinajstić information content (AvgIpc) is 2.78. The first-order valence-electron chi connectivity index (χ1n) is 6.13. The molecule has 0 saturated carbocycles. The van der Waals surface area contributed by atoms with Gasteiger partial charge in [-0.15, -0.1) is 12.4 Å². The number of aromatic nitrogens is 4. The summed E-state index contributed by atoms with van der Waals surface area (Å²) < 4.78 is 0. The highest BCUT2D eigenvalue weighted by Crippen LogP contribution is 2.23. The van der Waals surface area contributed by atoms with Gasteiger partial charge in [-0.25, -0.2) is 15.0 Å². The maximum absolute atomic E-state index is 4.66. The molecule has 2 aromatic heterocycles. The molecule has 2 heterocycles. The molecule has 0 radical (unpaired) electrons. The molecule has 0 aliphatic rings. The largest absolute Gasteiger partial charge is 0.355 e. The fourth-order valence-corrected chi connectivity index (χ4v) is 1.84. The van der Waals surface area contributed by atoms with Crippen LogP contribution in [0.15, 0.2) is 6.33 Å². The Morgan fingerprint density at radius 2 is 1.89 bits per heavy atom. The fourth-order valence-electron chi connectivity index (χ4n) is 1.84. The summed E-state index contributed by atoms with van der Waals surface area (Å²) in [5.41, 5.74) is 1.68. The molecule has 0 bridgehead atoms. The van der Waals surface area contributed by atoms with Gasteiger partial charge in [0.1, 0.15) is 11.3 Å². The molecular weight excluding hydrogens is 250 g/mol. The SMILES string of the molecule is CCN(CC)c1nc(C(C)C)nc2nc[nH]c12.Cl. The van der Waals surface area contributed by atoms with Crippen LogP contribution in [-0.2, 0) is 0 Å². The third-order valence-electron chi connectivity index (χ3n) is 2.86. The second kappa shape index (κ2) is 6.00. The van der Waals surface area contributed by atoms with Crippen LogP contribution in [0.25, 0.3) is 11.2 Å². The van der Waals surface area contributed by atoms with E-state index in [1.54, 1.807) is 6.33 Å². The Morgan fingerprint density at radius 3 is 2.44 bits per heavy atom. The van der Waals surface area contributed by atoms with Crippen LogP contribution in [0.4, 0.5) is 5.82 Å². The number of imidazole rings is 1. The summed E-state index contributed by atoms with van der Waals surface area (Å²) in [7, 11) is 0. The van der Waals surface area contributed by atoms with Crippen molar-refractivity contribution < 1.29 is 0 Å². The highest BCUT2D eigenvalue weighted by molar-refractivity contribution is 5.85. The normalized spacial score (nSPS) is 10.7. The van der Waals surface area contributed by atoms with Crippen LogP contribution in [0.3, 0.4) is 0 Å². The van der Waals surface area contributed by atoms with Crippen LogP contribution >= 0.6 is 12.4 Å². The summed E-state index contributed by atoms with van der Waals surface area (Å²) >= 11 is 0. The molecule has 5 nitrogen and oxygen atoms in total. The first-order chi connectivity index (χ1) is 8.17. The number of aromatic amines is 1. The number of nitrogens with zero attached hydrogens (tertiary/aromatic N) is 4. The van der Waals surface area contributed by atoms with E-state index in [1.807, 2.05) is 0 Å². The summed E-state index contributed by atoms with van der Waals surface area (Å²) in [4.78, 5) is 18.7. The molecule has 0 fully saturated rings. The van der Waals surface area contributed by atoms with Gasteiger partial charge < -0.3 is 9.88 Å². The van der Waals surface area contributed by atoms with Crippen molar-refractivity contribution in [3.8, 4) is 0 Å². The van der Waals surface area contributed by atoms with Crippen molar-refractivity contribution in [2.75, 3.05) is 18.0 Å². The lowest BCUT2D eigenvalue weighted by Crippen LogP contribution is -2.24. The number of rotatable bonds is 4.